The molecule has 0 fully saturated rings. The van der Waals surface area contributed by atoms with Crippen molar-refractivity contribution in [2.24, 2.45) is 20.0 Å². The number of allylic oxidation sites excluding steroid dienone is 12. The summed E-state index contributed by atoms with van der Waals surface area (Å²) in [6.07, 6.45) is 16.9. The van der Waals surface area contributed by atoms with Crippen molar-refractivity contribution in [2.75, 3.05) is 0 Å². The number of fused-ring (bicyclic) bond motifs is 4. The van der Waals surface area contributed by atoms with E-state index in [1.54, 1.807) is 6.92 Å². The number of hydrogen-bond donors (Lipinski definition) is 0. The van der Waals surface area contributed by atoms with Gasteiger partial charge in [0.15, 0.2) is 5.12 Å². The number of benzene rings is 4. The first-order chi connectivity index (χ1) is 30.2. The third-order valence-electron chi connectivity index (χ3n) is 11.8. The van der Waals surface area contributed by atoms with Crippen LogP contribution in [0, 0.1) is 74.2 Å². The molecule has 0 radical (unpaired) electrons. The monoisotopic (exact) mass is 836 g/mol. The van der Waals surface area contributed by atoms with E-state index in [2.05, 4.69) is 159 Å². The highest BCUT2D eigenvalue weighted by molar-refractivity contribution is 8.13. The smallest absolute Gasteiger partial charge is 0.190 e. The fourth-order valence-electron chi connectivity index (χ4n) is 9.61. The van der Waals surface area contributed by atoms with Gasteiger partial charge >= 0.3 is 0 Å². The second-order valence-electron chi connectivity index (χ2n) is 17.1. The number of thioether (sulfide) groups is 1. The van der Waals surface area contributed by atoms with Gasteiger partial charge in [-0.05, 0) is 185 Å². The first-order valence-electron chi connectivity index (χ1n) is 21.3. The molecular weight excluding hydrogens is 789 g/mol. The Morgan fingerprint density at radius 3 is 1.14 bits per heavy atom. The summed E-state index contributed by atoms with van der Waals surface area (Å²) >= 11 is 1.21. The molecule has 0 spiro atoms. The summed E-state index contributed by atoms with van der Waals surface area (Å²) in [4.78, 5) is 34.6. The van der Waals surface area contributed by atoms with E-state index in [1.165, 1.54) is 39.6 Å². The molecule has 6 heteroatoms. The second kappa shape index (κ2) is 16.4. The lowest BCUT2D eigenvalue weighted by atomic mass is 9.89. The van der Waals surface area contributed by atoms with Gasteiger partial charge in [0.2, 0.25) is 0 Å². The summed E-state index contributed by atoms with van der Waals surface area (Å²) in [6.45, 7) is 21.1. The molecule has 4 aromatic rings. The SMILES string of the molecule is CC(=O)Sc1ccc(C#CC2=C3C=CC(=N3)C(c3c(C)cc(C)cc3C)=C3C=CC(=N3)C(c3c(C)cc(C)cc3C)=C3C=CC(=N3)C(c3c(C)cc(C)cc3C)=C3C=CC2=N3)cc1. The standard InChI is InChI=1S/C57H48N4OS/c1-31-25-34(4)52(35(5)26-31)55-46-19-17-44(58-46)43(16-13-41-11-14-42(15-12-41)63-40(10)62)45-18-20-47(59-45)56(53-36(6)27-32(2)28-37(53)7)49-22-24-51(61-49)57(50-23-21-48(55)60-50)54-38(8)29-33(3)30-39(54)9/h11-12,14-15,17-30H,1-10H3. The minimum absolute atomic E-state index is 0.0439. The predicted molar refractivity (Wildman–Crippen MR) is 266 cm³/mol. The van der Waals surface area contributed by atoms with E-state index in [9.17, 15) is 4.79 Å². The highest BCUT2D eigenvalue weighted by Gasteiger charge is 2.29. The number of hydrogen-bond acceptors (Lipinski definition) is 6. The number of rotatable bonds is 4. The topological polar surface area (TPSA) is 66.5 Å². The lowest BCUT2D eigenvalue weighted by Gasteiger charge is -2.18. The summed E-state index contributed by atoms with van der Waals surface area (Å²) in [6, 6.07) is 21.2. The van der Waals surface area contributed by atoms with Crippen LogP contribution in [0.1, 0.15) is 79.2 Å². The molecule has 0 atom stereocenters. The molecular formula is C57H48N4OS. The molecule has 5 heterocycles. The zero-order chi connectivity index (χ0) is 44.3. The lowest BCUT2D eigenvalue weighted by Crippen LogP contribution is -2.07. The summed E-state index contributed by atoms with van der Waals surface area (Å²) in [5.41, 5.74) is 24.9. The molecule has 308 valence electrons. The van der Waals surface area contributed by atoms with Crippen LogP contribution in [-0.2, 0) is 4.79 Å². The van der Waals surface area contributed by atoms with Gasteiger partial charge in [0.1, 0.15) is 0 Å². The van der Waals surface area contributed by atoms with Crippen molar-refractivity contribution in [3.8, 4) is 11.8 Å². The van der Waals surface area contributed by atoms with Crippen LogP contribution < -0.4 is 0 Å². The molecule has 9 rings (SSSR count). The molecule has 63 heavy (non-hydrogen) atoms. The summed E-state index contributed by atoms with van der Waals surface area (Å²) in [5.74, 6) is 6.93. The van der Waals surface area contributed by atoms with Crippen molar-refractivity contribution in [1.82, 2.24) is 0 Å². The average molecular weight is 837 g/mol. The number of nitrogens with zero attached hydrogens (tertiary/aromatic N) is 4. The quantitative estimate of drug-likeness (QED) is 0.152. The van der Waals surface area contributed by atoms with Crippen LogP contribution in [0.25, 0.3) is 16.7 Å². The highest BCUT2D eigenvalue weighted by Crippen LogP contribution is 2.41. The zero-order valence-electron chi connectivity index (χ0n) is 37.5. The van der Waals surface area contributed by atoms with E-state index in [4.69, 9.17) is 20.0 Å². The van der Waals surface area contributed by atoms with Gasteiger partial charge in [-0.25, -0.2) is 20.0 Å². The molecule has 0 N–H and O–H groups in total. The van der Waals surface area contributed by atoms with Crippen LogP contribution >= 0.6 is 11.8 Å². The van der Waals surface area contributed by atoms with Gasteiger partial charge in [-0.3, -0.25) is 4.79 Å². The van der Waals surface area contributed by atoms with Crippen LogP contribution in [0.4, 0.5) is 0 Å². The van der Waals surface area contributed by atoms with E-state index in [-0.39, 0.29) is 5.12 Å². The van der Waals surface area contributed by atoms with E-state index < -0.39 is 0 Å². The van der Waals surface area contributed by atoms with E-state index >= 15 is 0 Å². The van der Waals surface area contributed by atoms with Gasteiger partial charge < -0.3 is 0 Å². The highest BCUT2D eigenvalue weighted by atomic mass is 32.2. The Kier molecular flexibility index (Phi) is 10.8. The maximum atomic E-state index is 11.8. The van der Waals surface area contributed by atoms with Gasteiger partial charge in [0.05, 0.1) is 51.2 Å². The fraction of sp³-hybridized carbons (Fsp3) is 0.175. The van der Waals surface area contributed by atoms with Crippen LogP contribution in [0.5, 0.6) is 0 Å². The minimum Gasteiger partial charge on any atom is -0.287 e. The Labute approximate surface area is 375 Å². The molecule has 4 aromatic carbocycles. The molecule has 0 saturated carbocycles. The van der Waals surface area contributed by atoms with Gasteiger partial charge in [-0.2, -0.15) is 0 Å². The first kappa shape index (κ1) is 41.4. The third kappa shape index (κ3) is 7.90. The number of carbonyl (C=O) groups excluding carboxylic acids is 1. The van der Waals surface area contributed by atoms with Crippen LogP contribution in [0.2, 0.25) is 0 Å². The molecule has 5 nitrogen and oxygen atoms in total. The van der Waals surface area contributed by atoms with Gasteiger partial charge in [0.25, 0.3) is 0 Å². The Balaban J connectivity index is 1.37. The molecule has 5 aliphatic rings. The van der Waals surface area contributed by atoms with Crippen molar-refractivity contribution in [1.29, 1.82) is 0 Å². The van der Waals surface area contributed by atoms with Gasteiger partial charge in [-0.15, -0.1) is 0 Å². The van der Waals surface area contributed by atoms with Crippen molar-refractivity contribution in [3.05, 3.63) is 210 Å². The lowest BCUT2D eigenvalue weighted by molar-refractivity contribution is -0.109. The average Bonchev–Trinajstić information content (AvgIpc) is 4.05. The normalized spacial score (nSPS) is 16.3. The zero-order valence-corrected chi connectivity index (χ0v) is 38.3. The van der Waals surface area contributed by atoms with E-state index in [1.807, 2.05) is 24.3 Å². The molecule has 0 aromatic heterocycles. The fourth-order valence-corrected chi connectivity index (χ4v) is 10.2. The van der Waals surface area contributed by atoms with Crippen molar-refractivity contribution < 1.29 is 4.79 Å². The van der Waals surface area contributed by atoms with E-state index in [0.717, 1.165) is 112 Å². The summed E-state index contributed by atoms with van der Waals surface area (Å²) in [7, 11) is 0. The number of carbonyl (C=O) groups is 1. The Hall–Kier alpha value is -6.94. The van der Waals surface area contributed by atoms with E-state index in [0.29, 0.717) is 5.57 Å². The molecule has 0 saturated heterocycles. The van der Waals surface area contributed by atoms with Gasteiger partial charge in [-0.1, -0.05) is 76.7 Å². The van der Waals surface area contributed by atoms with Crippen LogP contribution in [0.15, 0.2) is 162 Å². The molecule has 5 aliphatic heterocycles. The second-order valence-corrected chi connectivity index (χ2v) is 18.3. The minimum atomic E-state index is 0.0439. The Morgan fingerprint density at radius 2 is 0.762 bits per heavy atom. The third-order valence-corrected chi connectivity index (χ3v) is 12.6. The molecule has 0 unspecified atom stereocenters. The molecule has 0 amide bonds. The number of aryl methyl sites for hydroxylation is 9. The number of aliphatic imine (C=N–C) groups is 4. The van der Waals surface area contributed by atoms with Crippen molar-refractivity contribution in [2.45, 2.75) is 74.1 Å². The van der Waals surface area contributed by atoms with Crippen molar-refractivity contribution >= 4 is 56.4 Å². The molecule has 8 bridgehead atoms. The van der Waals surface area contributed by atoms with Crippen LogP contribution in [-0.4, -0.2) is 28.0 Å². The maximum absolute atomic E-state index is 11.8. The largest absolute Gasteiger partial charge is 0.287 e. The Bertz CT molecular complexity index is 3100. The predicted octanol–water partition coefficient (Wildman–Crippen LogP) is 13.0. The van der Waals surface area contributed by atoms with Crippen molar-refractivity contribution in [3.63, 3.8) is 0 Å². The molecule has 0 aliphatic carbocycles. The summed E-state index contributed by atoms with van der Waals surface area (Å²) in [5, 5.41) is 0.0439. The summed E-state index contributed by atoms with van der Waals surface area (Å²) < 4.78 is 0. The van der Waals surface area contributed by atoms with Crippen LogP contribution in [0.3, 0.4) is 0 Å². The maximum Gasteiger partial charge on any atom is 0.190 e. The first-order valence-corrected chi connectivity index (χ1v) is 22.1. The Morgan fingerprint density at radius 1 is 0.429 bits per heavy atom. The van der Waals surface area contributed by atoms with Gasteiger partial charge in [0, 0.05) is 34.1 Å².